The average Bonchev–Trinajstić information content (AvgIpc) is 2.44. The molecular formula is C10H8Cl2N2O. The Morgan fingerprint density at radius 2 is 1.73 bits per heavy atom. The molecule has 0 aliphatic rings. The molecule has 0 aliphatic heterocycles. The number of hydrogen-bond acceptors (Lipinski definition) is 1. The summed E-state index contributed by atoms with van der Waals surface area (Å²) in [5, 5.41) is 0.833. The van der Waals surface area contributed by atoms with Gasteiger partial charge in [-0.1, -0.05) is 23.2 Å². The second-order valence-corrected chi connectivity index (χ2v) is 3.99. The van der Waals surface area contributed by atoms with Crippen LogP contribution in [0.5, 0.6) is 0 Å². The molecule has 0 N–H and O–H groups in total. The maximum atomic E-state index is 11.7. The van der Waals surface area contributed by atoms with E-state index in [1.54, 1.807) is 42.2 Å². The lowest BCUT2D eigenvalue weighted by Crippen LogP contribution is -2.19. The maximum absolute atomic E-state index is 11.7. The molecule has 0 spiro atoms. The Balaban J connectivity index is 2.64. The normalized spacial score (nSPS) is 10.6. The van der Waals surface area contributed by atoms with Crippen molar-refractivity contribution in [3.63, 3.8) is 0 Å². The van der Waals surface area contributed by atoms with Crippen LogP contribution >= 0.6 is 23.2 Å². The minimum atomic E-state index is -0.235. The highest BCUT2D eigenvalue weighted by molar-refractivity contribution is 6.30. The molecule has 1 aromatic heterocycles. The average molecular weight is 243 g/mol. The van der Waals surface area contributed by atoms with Crippen LogP contribution in [0.15, 0.2) is 35.3 Å². The quantitative estimate of drug-likeness (QED) is 0.755. The molecule has 78 valence electrons. The van der Waals surface area contributed by atoms with Gasteiger partial charge in [-0.2, -0.15) is 0 Å². The van der Waals surface area contributed by atoms with Gasteiger partial charge in [0.15, 0.2) is 0 Å². The summed E-state index contributed by atoms with van der Waals surface area (Å²) in [4.78, 5) is 11.7. The molecule has 3 nitrogen and oxygen atoms in total. The molecule has 2 rings (SSSR count). The summed E-state index contributed by atoms with van der Waals surface area (Å²) < 4.78 is 3.10. The van der Waals surface area contributed by atoms with Crippen LogP contribution < -0.4 is 5.56 Å². The van der Waals surface area contributed by atoms with Crippen molar-refractivity contribution in [1.82, 2.24) is 9.36 Å². The van der Waals surface area contributed by atoms with E-state index < -0.39 is 0 Å². The zero-order valence-electron chi connectivity index (χ0n) is 7.95. The lowest BCUT2D eigenvalue weighted by Gasteiger charge is -2.06. The Kier molecular flexibility index (Phi) is 2.59. The van der Waals surface area contributed by atoms with Crippen molar-refractivity contribution in [3.8, 4) is 5.69 Å². The summed E-state index contributed by atoms with van der Waals surface area (Å²) >= 11 is 11.5. The summed E-state index contributed by atoms with van der Waals surface area (Å²) in [5.74, 6) is 0. The van der Waals surface area contributed by atoms with Crippen molar-refractivity contribution in [1.29, 1.82) is 0 Å². The molecule has 0 bridgehead atoms. The fraction of sp³-hybridized carbons (Fsp3) is 0.100. The highest BCUT2D eigenvalue weighted by atomic mass is 35.5. The Morgan fingerprint density at radius 3 is 2.20 bits per heavy atom. The van der Waals surface area contributed by atoms with Crippen LogP contribution in [-0.2, 0) is 7.05 Å². The molecule has 0 saturated carbocycles. The number of halogens is 2. The minimum Gasteiger partial charge on any atom is -0.287 e. The number of aryl methyl sites for hydroxylation is 1. The van der Waals surface area contributed by atoms with Gasteiger partial charge in [0, 0.05) is 18.3 Å². The molecule has 5 heteroatoms. The van der Waals surface area contributed by atoms with E-state index >= 15 is 0 Å². The first-order valence-corrected chi connectivity index (χ1v) is 5.05. The molecule has 1 heterocycles. The summed E-state index contributed by atoms with van der Waals surface area (Å²) in [6.45, 7) is 0. The van der Waals surface area contributed by atoms with E-state index in [9.17, 15) is 4.79 Å². The van der Waals surface area contributed by atoms with Crippen molar-refractivity contribution in [2.24, 2.45) is 7.05 Å². The van der Waals surface area contributed by atoms with Crippen molar-refractivity contribution in [3.05, 3.63) is 50.9 Å². The van der Waals surface area contributed by atoms with E-state index in [2.05, 4.69) is 0 Å². The third-order valence-electron chi connectivity index (χ3n) is 2.08. The molecule has 0 saturated heterocycles. The Morgan fingerprint density at radius 1 is 1.13 bits per heavy atom. The standard InChI is InChI=1S/C10H8Cl2N2O/c1-13-6-9(12)10(15)14(13)8-4-2-7(11)3-5-8/h2-6H,1H3. The van der Waals surface area contributed by atoms with Crippen LogP contribution in [-0.4, -0.2) is 9.36 Å². The van der Waals surface area contributed by atoms with Crippen LogP contribution in [0.2, 0.25) is 10.0 Å². The van der Waals surface area contributed by atoms with Gasteiger partial charge in [0.2, 0.25) is 0 Å². The van der Waals surface area contributed by atoms with E-state index in [1.807, 2.05) is 0 Å². The van der Waals surface area contributed by atoms with Crippen molar-refractivity contribution < 1.29 is 0 Å². The highest BCUT2D eigenvalue weighted by Crippen LogP contribution is 2.13. The minimum absolute atomic E-state index is 0.201. The zero-order valence-corrected chi connectivity index (χ0v) is 9.46. The largest absolute Gasteiger partial charge is 0.290 e. The first-order valence-electron chi connectivity index (χ1n) is 4.29. The van der Waals surface area contributed by atoms with Gasteiger partial charge in [-0.3, -0.25) is 9.48 Å². The van der Waals surface area contributed by atoms with Crippen LogP contribution in [0.3, 0.4) is 0 Å². The number of hydrogen-bond donors (Lipinski definition) is 0. The Hall–Kier alpha value is -1.19. The molecule has 15 heavy (non-hydrogen) atoms. The first kappa shape index (κ1) is 10.3. The van der Waals surface area contributed by atoms with Gasteiger partial charge >= 0.3 is 0 Å². The molecule has 1 aromatic carbocycles. The number of rotatable bonds is 1. The zero-order chi connectivity index (χ0) is 11.0. The summed E-state index contributed by atoms with van der Waals surface area (Å²) in [7, 11) is 1.75. The molecule has 0 radical (unpaired) electrons. The van der Waals surface area contributed by atoms with Crippen molar-refractivity contribution in [2.75, 3.05) is 0 Å². The van der Waals surface area contributed by atoms with Gasteiger partial charge in [0.25, 0.3) is 5.56 Å². The predicted octanol–water partition coefficient (Wildman–Crippen LogP) is 2.48. The number of benzene rings is 1. The molecular weight excluding hydrogens is 235 g/mol. The summed E-state index contributed by atoms with van der Waals surface area (Å²) in [6.07, 6.45) is 1.57. The predicted molar refractivity (Wildman–Crippen MR) is 61.0 cm³/mol. The third-order valence-corrected chi connectivity index (χ3v) is 2.59. The lowest BCUT2D eigenvalue weighted by molar-refractivity contribution is 0.646. The monoisotopic (exact) mass is 242 g/mol. The fourth-order valence-electron chi connectivity index (χ4n) is 1.40. The van der Waals surface area contributed by atoms with Crippen LogP contribution in [0.4, 0.5) is 0 Å². The number of aromatic nitrogens is 2. The van der Waals surface area contributed by atoms with Gasteiger partial charge in [0.1, 0.15) is 5.02 Å². The topological polar surface area (TPSA) is 26.9 Å². The summed E-state index contributed by atoms with van der Waals surface area (Å²) in [5.41, 5.74) is 0.500. The van der Waals surface area contributed by atoms with Gasteiger partial charge in [-0.25, -0.2) is 4.68 Å². The highest BCUT2D eigenvalue weighted by Gasteiger charge is 2.08. The van der Waals surface area contributed by atoms with Crippen molar-refractivity contribution in [2.45, 2.75) is 0 Å². The van der Waals surface area contributed by atoms with Crippen LogP contribution in [0.25, 0.3) is 5.69 Å². The second kappa shape index (κ2) is 3.76. The van der Waals surface area contributed by atoms with Gasteiger partial charge in [-0.15, -0.1) is 0 Å². The van der Waals surface area contributed by atoms with Gasteiger partial charge in [0.05, 0.1) is 5.69 Å². The van der Waals surface area contributed by atoms with Gasteiger partial charge < -0.3 is 0 Å². The fourth-order valence-corrected chi connectivity index (χ4v) is 1.75. The first-order chi connectivity index (χ1) is 7.09. The molecule has 0 atom stereocenters. The van der Waals surface area contributed by atoms with Crippen molar-refractivity contribution >= 4 is 23.2 Å². The Labute approximate surface area is 96.4 Å². The molecule has 0 aliphatic carbocycles. The van der Waals surface area contributed by atoms with Crippen LogP contribution in [0, 0.1) is 0 Å². The van der Waals surface area contributed by atoms with E-state index in [-0.39, 0.29) is 10.6 Å². The number of nitrogens with zero attached hydrogens (tertiary/aromatic N) is 2. The maximum Gasteiger partial charge on any atom is 0.290 e. The van der Waals surface area contributed by atoms with E-state index in [0.717, 1.165) is 5.69 Å². The third kappa shape index (κ3) is 1.80. The smallest absolute Gasteiger partial charge is 0.287 e. The molecule has 0 amide bonds. The summed E-state index contributed by atoms with van der Waals surface area (Å²) in [6, 6.07) is 6.98. The van der Waals surface area contributed by atoms with Crippen LogP contribution in [0.1, 0.15) is 0 Å². The molecule has 2 aromatic rings. The molecule has 0 fully saturated rings. The van der Waals surface area contributed by atoms with E-state index in [0.29, 0.717) is 5.02 Å². The molecule has 0 unspecified atom stereocenters. The van der Waals surface area contributed by atoms with E-state index in [4.69, 9.17) is 23.2 Å². The lowest BCUT2D eigenvalue weighted by atomic mass is 10.3. The van der Waals surface area contributed by atoms with E-state index in [1.165, 1.54) is 4.68 Å². The van der Waals surface area contributed by atoms with Gasteiger partial charge in [-0.05, 0) is 24.3 Å². The Bertz CT molecular complexity index is 540. The second-order valence-electron chi connectivity index (χ2n) is 3.14. The SMILES string of the molecule is Cn1cc(Cl)c(=O)n1-c1ccc(Cl)cc1.